The highest BCUT2D eigenvalue weighted by Gasteiger charge is 2.21. The molecule has 31 heavy (non-hydrogen) atoms. The zero-order chi connectivity index (χ0) is 21.9. The highest BCUT2D eigenvalue weighted by Crippen LogP contribution is 2.34. The van der Waals surface area contributed by atoms with Crippen LogP contribution in [0.1, 0.15) is 21.5 Å². The minimum atomic E-state index is -0.707. The Balaban J connectivity index is 1.91. The number of nitrogens with zero attached hydrogens (tertiary/aromatic N) is 2. The first-order valence-electron chi connectivity index (χ1n) is 9.43. The Morgan fingerprint density at radius 3 is 2.71 bits per heavy atom. The van der Waals surface area contributed by atoms with E-state index in [9.17, 15) is 18.4 Å². The van der Waals surface area contributed by atoms with Crippen LogP contribution in [0.25, 0.3) is 32.9 Å². The average molecular weight is 419 g/mol. The number of primary amides is 1. The van der Waals surface area contributed by atoms with Crippen LogP contribution in [0.3, 0.4) is 0 Å². The van der Waals surface area contributed by atoms with Crippen molar-refractivity contribution in [3.63, 3.8) is 0 Å². The summed E-state index contributed by atoms with van der Waals surface area (Å²) < 4.78 is 35.9. The topological polar surface area (TPSA) is 91.1 Å². The number of amides is 1. The van der Waals surface area contributed by atoms with Crippen molar-refractivity contribution in [2.45, 2.75) is 13.5 Å². The number of fused-ring (bicyclic) bond motifs is 5. The molecule has 3 aromatic heterocycles. The van der Waals surface area contributed by atoms with Crippen molar-refractivity contribution in [3.05, 3.63) is 87.4 Å². The normalized spacial score (nSPS) is 11.6. The first-order valence-corrected chi connectivity index (χ1v) is 9.43. The van der Waals surface area contributed by atoms with Crippen LogP contribution < -0.4 is 11.4 Å². The fraction of sp³-hybridized carbons (Fsp3) is 0.0870. The van der Waals surface area contributed by atoms with Gasteiger partial charge in [-0.3, -0.25) is 4.79 Å². The second-order valence-electron chi connectivity index (χ2n) is 7.34. The third kappa shape index (κ3) is 2.87. The number of aromatic nitrogens is 2. The van der Waals surface area contributed by atoms with Crippen molar-refractivity contribution < 1.29 is 18.0 Å². The van der Waals surface area contributed by atoms with Crippen LogP contribution in [0, 0.1) is 18.6 Å². The van der Waals surface area contributed by atoms with Crippen LogP contribution in [0.2, 0.25) is 0 Å². The van der Waals surface area contributed by atoms with Gasteiger partial charge in [-0.05, 0) is 55.0 Å². The van der Waals surface area contributed by atoms with Crippen LogP contribution in [0.4, 0.5) is 8.78 Å². The smallest absolute Gasteiger partial charge is 0.362 e. The number of hydrogen-bond acceptors (Lipinski definition) is 4. The Morgan fingerprint density at radius 2 is 1.94 bits per heavy atom. The summed E-state index contributed by atoms with van der Waals surface area (Å²) in [6.07, 6.45) is 1.51. The number of pyridine rings is 1. The standard InChI is InChI=1S/C23H15F2N3O3/c1-11-7-15-18(9-17(11)25)28(10-13-8-12(21(26)29)4-5-16(13)24)20-19(15)14-3-2-6-27-22(14)31-23(20)30/h2-9H,10H2,1H3,(H2,26,29). The minimum Gasteiger partial charge on any atom is -0.402 e. The number of aryl methyl sites for hydroxylation is 1. The predicted octanol–water partition coefficient (Wildman–Crippen LogP) is 4.03. The highest BCUT2D eigenvalue weighted by atomic mass is 19.1. The zero-order valence-corrected chi connectivity index (χ0v) is 16.3. The average Bonchev–Trinajstić information content (AvgIpc) is 3.04. The molecule has 8 heteroatoms. The van der Waals surface area contributed by atoms with E-state index >= 15 is 0 Å². The maximum absolute atomic E-state index is 14.6. The van der Waals surface area contributed by atoms with Crippen molar-refractivity contribution in [2.75, 3.05) is 0 Å². The number of benzene rings is 2. The molecule has 0 atom stereocenters. The van der Waals surface area contributed by atoms with Crippen LogP contribution in [-0.2, 0) is 6.54 Å². The molecule has 0 spiro atoms. The molecular formula is C23H15F2N3O3. The molecule has 2 aromatic carbocycles. The summed E-state index contributed by atoms with van der Waals surface area (Å²) in [6, 6.07) is 10.2. The van der Waals surface area contributed by atoms with E-state index < -0.39 is 23.2 Å². The summed E-state index contributed by atoms with van der Waals surface area (Å²) in [7, 11) is 0. The van der Waals surface area contributed by atoms with E-state index in [1.807, 2.05) is 0 Å². The Bertz CT molecular complexity index is 1600. The molecular weight excluding hydrogens is 404 g/mol. The second kappa shape index (κ2) is 6.73. The van der Waals surface area contributed by atoms with Gasteiger partial charge in [0, 0.05) is 33.5 Å². The van der Waals surface area contributed by atoms with E-state index in [0.29, 0.717) is 27.2 Å². The quantitative estimate of drug-likeness (QED) is 0.478. The van der Waals surface area contributed by atoms with E-state index in [0.717, 1.165) is 6.07 Å². The van der Waals surface area contributed by atoms with Gasteiger partial charge >= 0.3 is 5.63 Å². The Morgan fingerprint density at radius 1 is 1.13 bits per heavy atom. The molecule has 0 bridgehead atoms. The first kappa shape index (κ1) is 18.9. The molecule has 2 N–H and O–H groups in total. The van der Waals surface area contributed by atoms with Crippen LogP contribution >= 0.6 is 0 Å². The van der Waals surface area contributed by atoms with Crippen LogP contribution in [-0.4, -0.2) is 15.5 Å². The molecule has 0 fully saturated rings. The van der Waals surface area contributed by atoms with E-state index in [1.165, 1.54) is 29.0 Å². The van der Waals surface area contributed by atoms with Gasteiger partial charge in [-0.1, -0.05) is 0 Å². The van der Waals surface area contributed by atoms with E-state index in [4.69, 9.17) is 10.2 Å². The molecule has 0 aliphatic carbocycles. The summed E-state index contributed by atoms with van der Waals surface area (Å²) in [5, 5.41) is 1.74. The third-order valence-electron chi connectivity index (χ3n) is 5.43. The summed E-state index contributed by atoms with van der Waals surface area (Å²) in [6.45, 7) is 1.49. The summed E-state index contributed by atoms with van der Waals surface area (Å²) >= 11 is 0. The molecule has 6 nitrogen and oxygen atoms in total. The molecule has 0 saturated heterocycles. The second-order valence-corrected chi connectivity index (χ2v) is 7.34. The largest absolute Gasteiger partial charge is 0.402 e. The zero-order valence-electron chi connectivity index (χ0n) is 16.3. The maximum Gasteiger partial charge on any atom is 0.362 e. The maximum atomic E-state index is 14.6. The summed E-state index contributed by atoms with van der Waals surface area (Å²) in [4.78, 5) is 28.6. The molecule has 0 aliphatic heterocycles. The van der Waals surface area contributed by atoms with Gasteiger partial charge in [0.1, 0.15) is 17.2 Å². The molecule has 0 saturated carbocycles. The van der Waals surface area contributed by atoms with Gasteiger partial charge in [-0.15, -0.1) is 0 Å². The molecule has 5 aromatic rings. The van der Waals surface area contributed by atoms with Crippen LogP contribution in [0.15, 0.2) is 57.9 Å². The Labute approximate surface area is 173 Å². The van der Waals surface area contributed by atoms with Gasteiger partial charge in [-0.25, -0.2) is 18.6 Å². The highest BCUT2D eigenvalue weighted by molar-refractivity contribution is 6.18. The number of nitrogens with two attached hydrogens (primary N) is 1. The van der Waals surface area contributed by atoms with Crippen molar-refractivity contribution >= 4 is 38.8 Å². The molecule has 5 rings (SSSR count). The monoisotopic (exact) mass is 419 g/mol. The number of carbonyl (C=O) groups is 1. The summed E-state index contributed by atoms with van der Waals surface area (Å²) in [5.41, 5.74) is 6.00. The molecule has 0 aliphatic rings. The molecule has 1 amide bonds. The minimum absolute atomic E-state index is 0.126. The van der Waals surface area contributed by atoms with Gasteiger partial charge in [0.25, 0.3) is 0 Å². The molecule has 3 heterocycles. The number of carbonyl (C=O) groups excluding carboxylic acids is 1. The lowest BCUT2D eigenvalue weighted by molar-refractivity contribution is 0.1000. The fourth-order valence-corrected chi connectivity index (χ4v) is 3.94. The number of halogens is 2. The van der Waals surface area contributed by atoms with E-state index in [2.05, 4.69) is 4.98 Å². The third-order valence-corrected chi connectivity index (χ3v) is 5.43. The predicted molar refractivity (Wildman–Crippen MR) is 112 cm³/mol. The van der Waals surface area contributed by atoms with Crippen molar-refractivity contribution in [3.8, 4) is 0 Å². The van der Waals surface area contributed by atoms with Gasteiger partial charge in [0.15, 0.2) is 0 Å². The van der Waals surface area contributed by atoms with Crippen molar-refractivity contribution in [1.82, 2.24) is 9.55 Å². The number of hydrogen-bond donors (Lipinski definition) is 1. The molecule has 0 radical (unpaired) electrons. The van der Waals surface area contributed by atoms with Crippen molar-refractivity contribution in [2.24, 2.45) is 5.73 Å². The lowest BCUT2D eigenvalue weighted by atomic mass is 10.1. The van der Waals surface area contributed by atoms with Gasteiger partial charge in [0.05, 0.1) is 12.1 Å². The Hall–Kier alpha value is -4.07. The Kier molecular flexibility index (Phi) is 4.11. The van der Waals surface area contributed by atoms with Gasteiger partial charge in [-0.2, -0.15) is 0 Å². The first-order chi connectivity index (χ1) is 14.8. The number of rotatable bonds is 3. The van der Waals surface area contributed by atoms with Crippen LogP contribution in [0.5, 0.6) is 0 Å². The van der Waals surface area contributed by atoms with Gasteiger partial charge in [0.2, 0.25) is 11.6 Å². The lowest BCUT2D eigenvalue weighted by Crippen LogP contribution is -2.13. The molecule has 0 unspecified atom stereocenters. The van der Waals surface area contributed by atoms with Crippen molar-refractivity contribution in [1.29, 1.82) is 0 Å². The van der Waals surface area contributed by atoms with Gasteiger partial charge < -0.3 is 14.7 Å². The molecule has 154 valence electrons. The fourth-order valence-electron chi connectivity index (χ4n) is 3.94. The lowest BCUT2D eigenvalue weighted by Gasteiger charge is -2.10. The van der Waals surface area contributed by atoms with E-state index in [1.54, 1.807) is 25.1 Å². The SMILES string of the molecule is Cc1cc2c3c4cccnc4oc(=O)c3n(Cc3cc(C(N)=O)ccc3F)c2cc1F. The summed E-state index contributed by atoms with van der Waals surface area (Å²) in [5.74, 6) is -1.75. The van der Waals surface area contributed by atoms with E-state index in [-0.39, 0.29) is 28.9 Å².